The first kappa shape index (κ1) is 14.4. The number of nitrogens with two attached hydrogens (primary N) is 1. The number of oxime groups is 1. The molecule has 1 amide bonds. The van der Waals surface area contributed by atoms with Gasteiger partial charge in [-0.15, -0.1) is 0 Å². The van der Waals surface area contributed by atoms with E-state index >= 15 is 0 Å². The second kappa shape index (κ2) is 6.98. The summed E-state index contributed by atoms with van der Waals surface area (Å²) in [5.74, 6) is 0.900. The van der Waals surface area contributed by atoms with Gasteiger partial charge in [0.25, 0.3) is 0 Å². The van der Waals surface area contributed by atoms with Crippen molar-refractivity contribution in [3.05, 3.63) is 24.2 Å². The Hall–Kier alpha value is -1.98. The van der Waals surface area contributed by atoms with Gasteiger partial charge in [0.05, 0.1) is 12.8 Å². The molecule has 3 N–H and O–H groups in total. The van der Waals surface area contributed by atoms with Crippen molar-refractivity contribution >= 4 is 11.7 Å². The van der Waals surface area contributed by atoms with Crippen LogP contribution in [0.3, 0.4) is 0 Å². The van der Waals surface area contributed by atoms with E-state index in [1.54, 1.807) is 11.2 Å². The molecular formula is C14H21N3O3. The number of amides is 1. The van der Waals surface area contributed by atoms with E-state index in [4.69, 9.17) is 15.4 Å². The van der Waals surface area contributed by atoms with Crippen LogP contribution in [-0.4, -0.2) is 34.4 Å². The van der Waals surface area contributed by atoms with Crippen LogP contribution in [0.1, 0.15) is 37.9 Å². The lowest BCUT2D eigenvalue weighted by Gasteiger charge is -2.28. The van der Waals surface area contributed by atoms with E-state index in [0.29, 0.717) is 12.8 Å². The van der Waals surface area contributed by atoms with Crippen LogP contribution < -0.4 is 5.73 Å². The number of aryl methyl sites for hydroxylation is 1. The number of amidine groups is 1. The molecule has 0 aromatic carbocycles. The Balaban J connectivity index is 1.95. The lowest BCUT2D eigenvalue weighted by atomic mass is 10.1. The van der Waals surface area contributed by atoms with E-state index in [1.165, 1.54) is 0 Å². The Morgan fingerprint density at radius 2 is 2.25 bits per heavy atom. The highest BCUT2D eigenvalue weighted by atomic mass is 16.4. The maximum absolute atomic E-state index is 12.4. The van der Waals surface area contributed by atoms with Crippen LogP contribution in [0.15, 0.2) is 28.0 Å². The smallest absolute Gasteiger partial charge is 0.223 e. The average molecular weight is 279 g/mol. The van der Waals surface area contributed by atoms with Crippen molar-refractivity contribution in [2.75, 3.05) is 6.54 Å². The van der Waals surface area contributed by atoms with Crippen LogP contribution in [-0.2, 0) is 11.2 Å². The molecule has 0 atom stereocenters. The number of rotatable bonds is 6. The van der Waals surface area contributed by atoms with Gasteiger partial charge in [-0.1, -0.05) is 18.0 Å². The molecule has 6 nitrogen and oxygen atoms in total. The first-order valence-corrected chi connectivity index (χ1v) is 6.99. The summed E-state index contributed by atoms with van der Waals surface area (Å²) in [4.78, 5) is 14.1. The largest absolute Gasteiger partial charge is 0.469 e. The minimum atomic E-state index is 0.0277. The standard InChI is InChI=1S/C14H21N3O3/c15-13(16-19)10-17(11-4-1-2-5-11)14(18)8-7-12-6-3-9-20-12/h3,6,9,11,19H,1-2,4-5,7-8,10H2,(H2,15,16). The summed E-state index contributed by atoms with van der Waals surface area (Å²) in [5, 5.41) is 11.7. The Morgan fingerprint density at radius 3 is 2.85 bits per heavy atom. The topological polar surface area (TPSA) is 92.1 Å². The van der Waals surface area contributed by atoms with Gasteiger partial charge < -0.3 is 20.3 Å². The molecule has 0 spiro atoms. The summed E-state index contributed by atoms with van der Waals surface area (Å²) in [5.41, 5.74) is 5.56. The molecule has 0 aliphatic heterocycles. The maximum Gasteiger partial charge on any atom is 0.223 e. The van der Waals surface area contributed by atoms with E-state index in [2.05, 4.69) is 5.16 Å². The quantitative estimate of drug-likeness (QED) is 0.359. The summed E-state index contributed by atoms with van der Waals surface area (Å²) in [6.45, 7) is 0.193. The predicted octanol–water partition coefficient (Wildman–Crippen LogP) is 1.73. The van der Waals surface area contributed by atoms with Crippen molar-refractivity contribution in [2.45, 2.75) is 44.6 Å². The SMILES string of the molecule is NC(CN(C(=O)CCc1ccco1)C1CCCC1)=NO. The van der Waals surface area contributed by atoms with Crippen LogP contribution in [0.25, 0.3) is 0 Å². The molecule has 1 fully saturated rings. The molecule has 1 aliphatic carbocycles. The number of carbonyl (C=O) groups excluding carboxylic acids is 1. The second-order valence-electron chi connectivity index (χ2n) is 5.13. The third-order valence-electron chi connectivity index (χ3n) is 3.71. The number of carbonyl (C=O) groups is 1. The van der Waals surface area contributed by atoms with Crippen molar-refractivity contribution in [1.82, 2.24) is 4.90 Å². The minimum Gasteiger partial charge on any atom is -0.469 e. The molecule has 1 heterocycles. The van der Waals surface area contributed by atoms with Gasteiger partial charge in [0.15, 0.2) is 5.84 Å². The van der Waals surface area contributed by atoms with Crippen molar-refractivity contribution in [2.24, 2.45) is 10.9 Å². The van der Waals surface area contributed by atoms with Crippen molar-refractivity contribution in [3.8, 4) is 0 Å². The number of furan rings is 1. The van der Waals surface area contributed by atoms with Crippen LogP contribution in [0.4, 0.5) is 0 Å². The normalized spacial score (nSPS) is 16.5. The van der Waals surface area contributed by atoms with Crippen LogP contribution in [0, 0.1) is 0 Å². The molecule has 20 heavy (non-hydrogen) atoms. The summed E-state index contributed by atoms with van der Waals surface area (Å²) >= 11 is 0. The number of nitrogens with zero attached hydrogens (tertiary/aromatic N) is 2. The highest BCUT2D eigenvalue weighted by Crippen LogP contribution is 2.24. The van der Waals surface area contributed by atoms with Gasteiger partial charge in [0, 0.05) is 18.9 Å². The third-order valence-corrected chi connectivity index (χ3v) is 3.71. The number of hydrogen-bond acceptors (Lipinski definition) is 4. The van der Waals surface area contributed by atoms with Gasteiger partial charge >= 0.3 is 0 Å². The molecule has 6 heteroatoms. The van der Waals surface area contributed by atoms with Crippen LogP contribution in [0.2, 0.25) is 0 Å². The van der Waals surface area contributed by atoms with Gasteiger partial charge in [-0.2, -0.15) is 0 Å². The molecule has 0 bridgehead atoms. The Labute approximate surface area is 118 Å². The van der Waals surface area contributed by atoms with Crippen LogP contribution in [0.5, 0.6) is 0 Å². The molecule has 1 aliphatic rings. The first-order valence-electron chi connectivity index (χ1n) is 6.99. The fraction of sp³-hybridized carbons (Fsp3) is 0.571. The molecular weight excluding hydrogens is 258 g/mol. The zero-order valence-corrected chi connectivity index (χ0v) is 11.5. The summed E-state index contributed by atoms with van der Waals surface area (Å²) in [6, 6.07) is 3.88. The first-order chi connectivity index (χ1) is 9.70. The summed E-state index contributed by atoms with van der Waals surface area (Å²) < 4.78 is 5.23. The molecule has 0 radical (unpaired) electrons. The van der Waals surface area contributed by atoms with Gasteiger partial charge in [-0.05, 0) is 25.0 Å². The molecule has 110 valence electrons. The average Bonchev–Trinajstić information content (AvgIpc) is 3.14. The van der Waals surface area contributed by atoms with Crippen molar-refractivity contribution in [3.63, 3.8) is 0 Å². The van der Waals surface area contributed by atoms with E-state index < -0.39 is 0 Å². The fourth-order valence-corrected chi connectivity index (χ4v) is 2.67. The lowest BCUT2D eigenvalue weighted by molar-refractivity contribution is -0.132. The zero-order valence-electron chi connectivity index (χ0n) is 11.5. The van der Waals surface area contributed by atoms with E-state index in [0.717, 1.165) is 31.4 Å². The van der Waals surface area contributed by atoms with Crippen LogP contribution >= 0.6 is 0 Å². The molecule has 1 saturated carbocycles. The van der Waals surface area contributed by atoms with Gasteiger partial charge in [0.2, 0.25) is 5.91 Å². The van der Waals surface area contributed by atoms with Gasteiger partial charge in [-0.3, -0.25) is 4.79 Å². The van der Waals surface area contributed by atoms with Gasteiger partial charge in [-0.25, -0.2) is 0 Å². The highest BCUT2D eigenvalue weighted by Gasteiger charge is 2.27. The zero-order chi connectivity index (χ0) is 14.4. The summed E-state index contributed by atoms with van der Waals surface area (Å²) in [7, 11) is 0. The lowest BCUT2D eigenvalue weighted by Crippen LogP contribution is -2.44. The van der Waals surface area contributed by atoms with Gasteiger partial charge in [0.1, 0.15) is 5.76 Å². The summed E-state index contributed by atoms with van der Waals surface area (Å²) in [6.07, 6.45) is 6.79. The Kier molecular flexibility index (Phi) is 5.03. The van der Waals surface area contributed by atoms with E-state index in [9.17, 15) is 4.79 Å². The fourth-order valence-electron chi connectivity index (χ4n) is 2.67. The Bertz CT molecular complexity index is 450. The minimum absolute atomic E-state index is 0.0277. The molecule has 0 saturated heterocycles. The van der Waals surface area contributed by atoms with Crippen molar-refractivity contribution in [1.29, 1.82) is 0 Å². The predicted molar refractivity (Wildman–Crippen MR) is 74.4 cm³/mol. The monoisotopic (exact) mass is 279 g/mol. The van der Waals surface area contributed by atoms with Crippen molar-refractivity contribution < 1.29 is 14.4 Å². The third kappa shape index (κ3) is 3.76. The molecule has 1 aromatic heterocycles. The maximum atomic E-state index is 12.4. The molecule has 2 rings (SSSR count). The number of hydrogen-bond donors (Lipinski definition) is 2. The van der Waals surface area contributed by atoms with E-state index in [1.807, 2.05) is 12.1 Å². The second-order valence-corrected chi connectivity index (χ2v) is 5.13. The van der Waals surface area contributed by atoms with E-state index in [-0.39, 0.29) is 24.3 Å². The Morgan fingerprint density at radius 1 is 1.50 bits per heavy atom. The highest BCUT2D eigenvalue weighted by molar-refractivity contribution is 5.87. The molecule has 1 aromatic rings. The molecule has 0 unspecified atom stereocenters.